The van der Waals surface area contributed by atoms with Gasteiger partial charge in [-0.15, -0.1) is 11.3 Å². The predicted molar refractivity (Wildman–Crippen MR) is 88.3 cm³/mol. The first-order chi connectivity index (χ1) is 11.0. The van der Waals surface area contributed by atoms with Gasteiger partial charge in [-0.25, -0.2) is 4.98 Å². The molecular weight excluding hydrogens is 314 g/mol. The number of carboxylic acids is 1. The zero-order valence-electron chi connectivity index (χ0n) is 12.9. The summed E-state index contributed by atoms with van der Waals surface area (Å²) < 4.78 is 1.20. The molecule has 0 saturated carbocycles. The number of carboxylic acid groups (broad SMARTS) is 1. The van der Waals surface area contributed by atoms with Gasteiger partial charge in [0.1, 0.15) is 5.01 Å². The highest BCUT2D eigenvalue weighted by Crippen LogP contribution is 2.30. The summed E-state index contributed by atoms with van der Waals surface area (Å²) in [6.07, 6.45) is 1.72. The highest BCUT2D eigenvalue weighted by molar-refractivity contribution is 7.18. The number of benzene rings is 1. The maximum Gasteiger partial charge on any atom is 0.300 e. The molecule has 0 radical (unpaired) electrons. The normalized spacial score (nSPS) is 22.8. The minimum atomic E-state index is -0.833. The summed E-state index contributed by atoms with van der Waals surface area (Å²) in [6, 6.07) is 8.89. The number of amides is 1. The fourth-order valence-corrected chi connectivity index (χ4v) is 4.13. The zero-order chi connectivity index (χ0) is 16.4. The van der Waals surface area contributed by atoms with E-state index in [1.165, 1.54) is 4.70 Å². The molecule has 0 bridgehead atoms. The van der Waals surface area contributed by atoms with E-state index in [1.54, 1.807) is 11.3 Å². The Hall–Kier alpha value is -1.99. The van der Waals surface area contributed by atoms with E-state index >= 15 is 0 Å². The van der Waals surface area contributed by atoms with E-state index in [-0.39, 0.29) is 5.91 Å². The SMILES string of the molecule is CC(=O)O.O=C1C[C@H]2NCC[C@H]2N1Cc1nc2ccccc2s1. The monoisotopic (exact) mass is 333 g/mol. The number of aromatic nitrogens is 1. The Balaban J connectivity index is 0.000000354. The number of likely N-dealkylation sites (tertiary alicyclic amines) is 1. The Morgan fingerprint density at radius 2 is 2.22 bits per heavy atom. The molecule has 122 valence electrons. The van der Waals surface area contributed by atoms with Crippen LogP contribution >= 0.6 is 11.3 Å². The van der Waals surface area contributed by atoms with Crippen LogP contribution in [0.5, 0.6) is 0 Å². The lowest BCUT2D eigenvalue weighted by Crippen LogP contribution is -2.35. The number of thiazole rings is 1. The van der Waals surface area contributed by atoms with Crippen molar-refractivity contribution in [2.24, 2.45) is 0 Å². The lowest BCUT2D eigenvalue weighted by molar-refractivity contribution is -0.134. The lowest BCUT2D eigenvalue weighted by atomic mass is 10.1. The summed E-state index contributed by atoms with van der Waals surface area (Å²) in [5.41, 5.74) is 1.04. The van der Waals surface area contributed by atoms with E-state index < -0.39 is 5.97 Å². The predicted octanol–water partition coefficient (Wildman–Crippen LogP) is 1.85. The number of carbonyl (C=O) groups is 2. The number of hydrogen-bond donors (Lipinski definition) is 2. The van der Waals surface area contributed by atoms with Gasteiger partial charge in [-0.3, -0.25) is 9.59 Å². The van der Waals surface area contributed by atoms with Gasteiger partial charge in [-0.1, -0.05) is 12.1 Å². The van der Waals surface area contributed by atoms with Gasteiger partial charge in [0.25, 0.3) is 5.97 Å². The van der Waals surface area contributed by atoms with E-state index in [0.29, 0.717) is 25.0 Å². The minimum absolute atomic E-state index is 0.265. The average molecular weight is 333 g/mol. The molecule has 6 nitrogen and oxygen atoms in total. The molecule has 2 fully saturated rings. The number of aliphatic carboxylic acids is 1. The molecule has 3 heterocycles. The number of carbonyl (C=O) groups excluding carboxylic acids is 1. The lowest BCUT2D eigenvalue weighted by Gasteiger charge is -2.22. The first-order valence-electron chi connectivity index (χ1n) is 7.61. The van der Waals surface area contributed by atoms with Gasteiger partial charge in [-0.05, 0) is 25.1 Å². The van der Waals surface area contributed by atoms with Crippen LogP contribution in [0.25, 0.3) is 10.2 Å². The summed E-state index contributed by atoms with van der Waals surface area (Å²) in [5, 5.41) is 11.9. The molecule has 2 saturated heterocycles. The van der Waals surface area contributed by atoms with Crippen LogP contribution in [0, 0.1) is 0 Å². The number of para-hydroxylation sites is 1. The first kappa shape index (κ1) is 15.9. The molecule has 2 atom stereocenters. The van der Waals surface area contributed by atoms with Gasteiger partial charge in [0.15, 0.2) is 0 Å². The summed E-state index contributed by atoms with van der Waals surface area (Å²) in [4.78, 5) is 27.7. The fraction of sp³-hybridized carbons (Fsp3) is 0.438. The van der Waals surface area contributed by atoms with Gasteiger partial charge in [0.05, 0.1) is 16.8 Å². The van der Waals surface area contributed by atoms with Crippen molar-refractivity contribution in [3.8, 4) is 0 Å². The van der Waals surface area contributed by atoms with Crippen LogP contribution in [-0.4, -0.2) is 45.5 Å². The second-order valence-electron chi connectivity index (χ2n) is 5.74. The van der Waals surface area contributed by atoms with E-state index in [1.807, 2.05) is 23.1 Å². The summed E-state index contributed by atoms with van der Waals surface area (Å²) in [7, 11) is 0. The quantitative estimate of drug-likeness (QED) is 0.876. The Kier molecular flexibility index (Phi) is 4.58. The molecule has 2 aliphatic rings. The Morgan fingerprint density at radius 3 is 2.96 bits per heavy atom. The van der Waals surface area contributed by atoms with Crippen molar-refractivity contribution < 1.29 is 14.7 Å². The van der Waals surface area contributed by atoms with Gasteiger partial charge >= 0.3 is 0 Å². The minimum Gasteiger partial charge on any atom is -0.481 e. The third-order valence-corrected chi connectivity index (χ3v) is 5.09. The van der Waals surface area contributed by atoms with Crippen molar-refractivity contribution in [2.75, 3.05) is 6.54 Å². The van der Waals surface area contributed by atoms with Crippen LogP contribution in [0.3, 0.4) is 0 Å². The molecule has 7 heteroatoms. The molecule has 23 heavy (non-hydrogen) atoms. The van der Waals surface area contributed by atoms with Crippen molar-refractivity contribution in [1.82, 2.24) is 15.2 Å². The molecule has 1 aromatic heterocycles. The zero-order valence-corrected chi connectivity index (χ0v) is 13.7. The molecule has 2 aliphatic heterocycles. The Bertz CT molecular complexity index is 693. The van der Waals surface area contributed by atoms with Crippen molar-refractivity contribution in [2.45, 2.75) is 38.4 Å². The molecule has 2 aromatic rings. The average Bonchev–Trinajstić information content (AvgIpc) is 3.15. The largest absolute Gasteiger partial charge is 0.481 e. The third-order valence-electron chi connectivity index (χ3n) is 4.07. The molecular formula is C16H19N3O3S. The second-order valence-corrected chi connectivity index (χ2v) is 6.85. The topological polar surface area (TPSA) is 82.5 Å². The van der Waals surface area contributed by atoms with Gasteiger partial charge in [0, 0.05) is 25.4 Å². The molecule has 1 aromatic carbocycles. The van der Waals surface area contributed by atoms with Crippen LogP contribution in [0.15, 0.2) is 24.3 Å². The molecule has 2 N–H and O–H groups in total. The molecule has 4 rings (SSSR count). The fourth-order valence-electron chi connectivity index (χ4n) is 3.16. The molecule has 1 amide bonds. The second kappa shape index (κ2) is 6.64. The van der Waals surface area contributed by atoms with Crippen LogP contribution in [0.1, 0.15) is 24.8 Å². The number of nitrogens with one attached hydrogen (secondary N) is 1. The van der Waals surface area contributed by atoms with Crippen molar-refractivity contribution in [3.63, 3.8) is 0 Å². The molecule has 0 aliphatic carbocycles. The van der Waals surface area contributed by atoms with Gasteiger partial charge < -0.3 is 15.3 Å². The van der Waals surface area contributed by atoms with Crippen LogP contribution < -0.4 is 5.32 Å². The van der Waals surface area contributed by atoms with E-state index in [4.69, 9.17) is 9.90 Å². The first-order valence-corrected chi connectivity index (χ1v) is 8.43. The Morgan fingerprint density at radius 1 is 1.48 bits per heavy atom. The van der Waals surface area contributed by atoms with E-state index in [0.717, 1.165) is 30.4 Å². The smallest absolute Gasteiger partial charge is 0.300 e. The number of fused-ring (bicyclic) bond motifs is 2. The Labute approximate surface area is 138 Å². The molecule has 0 unspecified atom stereocenters. The maximum absolute atomic E-state index is 12.1. The van der Waals surface area contributed by atoms with Crippen molar-refractivity contribution in [3.05, 3.63) is 29.3 Å². The van der Waals surface area contributed by atoms with Crippen LogP contribution in [0.4, 0.5) is 0 Å². The maximum atomic E-state index is 12.1. The van der Waals surface area contributed by atoms with E-state index in [2.05, 4.69) is 16.4 Å². The summed E-state index contributed by atoms with van der Waals surface area (Å²) >= 11 is 1.69. The summed E-state index contributed by atoms with van der Waals surface area (Å²) in [5.74, 6) is -0.568. The highest BCUT2D eigenvalue weighted by atomic mass is 32.1. The van der Waals surface area contributed by atoms with Gasteiger partial charge in [0.2, 0.25) is 5.91 Å². The van der Waals surface area contributed by atoms with Crippen molar-refractivity contribution >= 4 is 33.4 Å². The van der Waals surface area contributed by atoms with Crippen molar-refractivity contribution in [1.29, 1.82) is 0 Å². The van der Waals surface area contributed by atoms with E-state index in [9.17, 15) is 4.79 Å². The molecule has 0 spiro atoms. The van der Waals surface area contributed by atoms with Gasteiger partial charge in [-0.2, -0.15) is 0 Å². The van der Waals surface area contributed by atoms with Crippen LogP contribution in [0.2, 0.25) is 0 Å². The number of rotatable bonds is 2. The summed E-state index contributed by atoms with van der Waals surface area (Å²) in [6.45, 7) is 2.78. The standard InChI is InChI=1S/C14H15N3OS.C2H4O2/c18-14-7-10-11(5-6-15-10)17(14)8-13-16-9-3-1-2-4-12(9)19-13;1-2(3)4/h1-4,10-11,15H,5-8H2;1H3,(H,3,4)/t10-,11-;/m1./s1. The van der Waals surface area contributed by atoms with Crippen LogP contribution in [-0.2, 0) is 16.1 Å². The number of nitrogens with zero attached hydrogens (tertiary/aromatic N) is 2. The third kappa shape index (κ3) is 3.51. The number of hydrogen-bond acceptors (Lipinski definition) is 5. The highest BCUT2D eigenvalue weighted by Gasteiger charge is 2.42.